The summed E-state index contributed by atoms with van der Waals surface area (Å²) in [6, 6.07) is 45.3. The first-order chi connectivity index (χ1) is 24.6. The fraction of sp³-hybridized carbons (Fsp3) is 0.273. The molecule has 7 rings (SSSR count). The number of H-pyrrole nitrogens is 1. The van der Waals surface area contributed by atoms with Crippen molar-refractivity contribution in [3.63, 3.8) is 0 Å². The van der Waals surface area contributed by atoms with Gasteiger partial charge in [0.15, 0.2) is 0 Å². The summed E-state index contributed by atoms with van der Waals surface area (Å²) < 4.78 is 34.3. The number of nitrogens with one attached hydrogen (secondary N) is 1. The molecule has 256 valence electrons. The number of benzene rings is 5. The molecule has 6 aromatic rings. The Morgan fingerprint density at radius 2 is 0.980 bits per heavy atom. The second kappa shape index (κ2) is 16.4. The first-order valence-corrected chi connectivity index (χ1v) is 17.4. The van der Waals surface area contributed by atoms with Gasteiger partial charge in [-0.1, -0.05) is 133 Å². The van der Waals surface area contributed by atoms with Crippen molar-refractivity contribution in [2.75, 3.05) is 6.61 Å². The highest BCUT2D eigenvalue weighted by Crippen LogP contribution is 2.42. The van der Waals surface area contributed by atoms with Gasteiger partial charge in [-0.05, 0) is 47.2 Å². The van der Waals surface area contributed by atoms with Crippen molar-refractivity contribution in [3.8, 4) is 0 Å². The zero-order chi connectivity index (χ0) is 34.1. The molecule has 6 nitrogen and oxygen atoms in total. The molecule has 2 heterocycles. The summed E-state index contributed by atoms with van der Waals surface area (Å²) in [5.41, 5.74) is 8.83. The van der Waals surface area contributed by atoms with Crippen molar-refractivity contribution in [1.82, 2.24) is 4.98 Å². The highest BCUT2D eigenvalue weighted by atomic mass is 16.6. The van der Waals surface area contributed by atoms with Crippen LogP contribution >= 0.6 is 0 Å². The molecule has 0 bridgehead atoms. The summed E-state index contributed by atoms with van der Waals surface area (Å²) in [7, 11) is 0. The van der Waals surface area contributed by atoms with E-state index < -0.39 is 30.5 Å². The van der Waals surface area contributed by atoms with Gasteiger partial charge in [0, 0.05) is 22.7 Å². The van der Waals surface area contributed by atoms with Crippen LogP contribution in [0.25, 0.3) is 10.9 Å². The average Bonchev–Trinajstić information content (AvgIpc) is 3.62. The predicted molar refractivity (Wildman–Crippen MR) is 197 cm³/mol. The van der Waals surface area contributed by atoms with Gasteiger partial charge in [-0.3, -0.25) is 0 Å². The molecule has 1 aliphatic heterocycles. The van der Waals surface area contributed by atoms with Crippen LogP contribution < -0.4 is 0 Å². The van der Waals surface area contributed by atoms with Crippen molar-refractivity contribution in [1.29, 1.82) is 0 Å². The van der Waals surface area contributed by atoms with Gasteiger partial charge in [-0.15, -0.1) is 0 Å². The van der Waals surface area contributed by atoms with Gasteiger partial charge in [0.25, 0.3) is 0 Å². The normalized spacial score (nSPS) is 20.6. The summed E-state index contributed by atoms with van der Waals surface area (Å²) in [6.45, 7) is 6.27. The van der Waals surface area contributed by atoms with Crippen LogP contribution in [0.5, 0.6) is 0 Å². The van der Waals surface area contributed by atoms with Crippen LogP contribution in [-0.4, -0.2) is 36.0 Å². The number of ether oxygens (including phenoxy) is 5. The molecule has 1 aromatic heterocycles. The molecule has 0 unspecified atom stereocenters. The van der Waals surface area contributed by atoms with Crippen LogP contribution in [0.4, 0.5) is 0 Å². The van der Waals surface area contributed by atoms with E-state index >= 15 is 0 Å². The zero-order valence-corrected chi connectivity index (χ0v) is 28.7. The molecule has 50 heavy (non-hydrogen) atoms. The van der Waals surface area contributed by atoms with Crippen LogP contribution in [-0.2, 0) is 50.1 Å². The zero-order valence-electron chi connectivity index (χ0n) is 28.7. The van der Waals surface area contributed by atoms with E-state index in [-0.39, 0.29) is 0 Å². The third-order valence-corrected chi connectivity index (χ3v) is 9.47. The van der Waals surface area contributed by atoms with Crippen LogP contribution in [0.15, 0.2) is 140 Å². The number of rotatable bonds is 14. The maximum absolute atomic E-state index is 7.18. The van der Waals surface area contributed by atoms with Gasteiger partial charge in [0.05, 0.1) is 33.0 Å². The van der Waals surface area contributed by atoms with E-state index in [0.29, 0.717) is 33.0 Å². The SMILES string of the molecule is Cc1ccc(C)c2c([C@@H]3O[C@H](COCc4ccccc4)[C@@H](OCc4ccccc4)[C@H](OCc4ccccc4)[C@H]3OCc3ccccc3)c[nH]c12. The van der Waals surface area contributed by atoms with E-state index in [1.54, 1.807) is 0 Å². The van der Waals surface area contributed by atoms with Gasteiger partial charge >= 0.3 is 0 Å². The Kier molecular flexibility index (Phi) is 11.1. The molecule has 5 atom stereocenters. The van der Waals surface area contributed by atoms with Crippen LogP contribution in [0.2, 0.25) is 0 Å². The third-order valence-electron chi connectivity index (χ3n) is 9.47. The van der Waals surface area contributed by atoms with E-state index in [1.165, 1.54) is 11.1 Å². The maximum atomic E-state index is 7.18. The van der Waals surface area contributed by atoms with Crippen LogP contribution in [0.3, 0.4) is 0 Å². The maximum Gasteiger partial charge on any atom is 0.117 e. The lowest BCUT2D eigenvalue weighted by molar-refractivity contribution is -0.274. The molecular formula is C44H45NO5. The minimum Gasteiger partial charge on any atom is -0.374 e. The molecule has 0 saturated carbocycles. The van der Waals surface area contributed by atoms with Crippen molar-refractivity contribution in [3.05, 3.63) is 179 Å². The minimum atomic E-state index is -0.496. The number of hydrogen-bond acceptors (Lipinski definition) is 5. The van der Waals surface area contributed by atoms with Crippen molar-refractivity contribution < 1.29 is 23.7 Å². The Bertz CT molecular complexity index is 1910. The Morgan fingerprint density at radius 1 is 0.520 bits per heavy atom. The minimum absolute atomic E-state index is 0.321. The van der Waals surface area contributed by atoms with Gasteiger partial charge < -0.3 is 28.7 Å². The Hall–Kier alpha value is -4.56. The summed E-state index contributed by atoms with van der Waals surface area (Å²) in [5, 5.41) is 1.15. The number of aromatic amines is 1. The van der Waals surface area contributed by atoms with Gasteiger partial charge in [0.2, 0.25) is 0 Å². The summed E-state index contributed by atoms with van der Waals surface area (Å²) in [5.74, 6) is 0. The molecule has 1 N–H and O–H groups in total. The van der Waals surface area contributed by atoms with Crippen molar-refractivity contribution >= 4 is 10.9 Å². The van der Waals surface area contributed by atoms with Gasteiger partial charge in [-0.25, -0.2) is 0 Å². The number of aryl methyl sites for hydroxylation is 2. The number of fused-ring (bicyclic) bond motifs is 1. The van der Waals surface area contributed by atoms with Gasteiger partial charge in [-0.2, -0.15) is 0 Å². The molecule has 0 amide bonds. The van der Waals surface area contributed by atoms with Crippen LogP contribution in [0, 0.1) is 13.8 Å². The molecule has 1 aliphatic rings. The highest BCUT2D eigenvalue weighted by Gasteiger charge is 2.49. The Labute approximate surface area is 294 Å². The third kappa shape index (κ3) is 8.07. The Balaban J connectivity index is 1.28. The largest absolute Gasteiger partial charge is 0.374 e. The first-order valence-electron chi connectivity index (χ1n) is 17.4. The van der Waals surface area contributed by atoms with E-state index in [0.717, 1.165) is 38.7 Å². The molecule has 0 spiro atoms. The first kappa shape index (κ1) is 33.9. The fourth-order valence-electron chi connectivity index (χ4n) is 6.86. The second-order valence-corrected chi connectivity index (χ2v) is 13.1. The quantitative estimate of drug-likeness (QED) is 0.126. The lowest BCUT2D eigenvalue weighted by Gasteiger charge is -2.46. The molecular weight excluding hydrogens is 622 g/mol. The van der Waals surface area contributed by atoms with Crippen molar-refractivity contribution in [2.24, 2.45) is 0 Å². The molecule has 6 heteroatoms. The lowest BCUT2D eigenvalue weighted by atomic mass is 9.89. The van der Waals surface area contributed by atoms with E-state index in [2.05, 4.69) is 85.7 Å². The van der Waals surface area contributed by atoms with Crippen LogP contribution in [0.1, 0.15) is 45.0 Å². The molecule has 0 aliphatic carbocycles. The average molecular weight is 668 g/mol. The Morgan fingerprint density at radius 3 is 1.52 bits per heavy atom. The van der Waals surface area contributed by atoms with Crippen molar-refractivity contribution in [2.45, 2.75) is 70.8 Å². The number of aromatic nitrogens is 1. The van der Waals surface area contributed by atoms with Gasteiger partial charge in [0.1, 0.15) is 30.5 Å². The molecule has 1 fully saturated rings. The molecule has 1 saturated heterocycles. The summed E-state index contributed by atoms with van der Waals surface area (Å²) in [6.07, 6.45) is -0.295. The monoisotopic (exact) mass is 667 g/mol. The smallest absolute Gasteiger partial charge is 0.117 e. The lowest BCUT2D eigenvalue weighted by Crippen LogP contribution is -2.58. The summed E-state index contributed by atoms with van der Waals surface area (Å²) >= 11 is 0. The number of hydrogen-bond donors (Lipinski definition) is 1. The van der Waals surface area contributed by atoms with E-state index in [1.807, 2.05) is 72.8 Å². The highest BCUT2D eigenvalue weighted by molar-refractivity contribution is 5.89. The standard InChI is InChI=1S/C44H45NO5/c1-31-23-24-32(2)40-39(31)37(25-45-40)41-43(48-28-35-19-11-5-12-20-35)44(49-29-36-21-13-6-14-22-36)42(47-27-34-17-9-4-10-18-34)38(50-41)30-46-26-33-15-7-3-8-16-33/h3-25,38,41-45H,26-30H2,1-2H3/t38-,41+,42-,43+,44+/m1/s1. The topological polar surface area (TPSA) is 61.9 Å². The summed E-state index contributed by atoms with van der Waals surface area (Å²) in [4.78, 5) is 3.56. The van der Waals surface area contributed by atoms with E-state index in [4.69, 9.17) is 23.7 Å². The molecule has 0 radical (unpaired) electrons. The second-order valence-electron chi connectivity index (χ2n) is 13.1. The molecule has 5 aromatic carbocycles. The predicted octanol–water partition coefficient (Wildman–Crippen LogP) is 9.20. The van der Waals surface area contributed by atoms with E-state index in [9.17, 15) is 0 Å². The fourth-order valence-corrected chi connectivity index (χ4v) is 6.86.